The van der Waals surface area contributed by atoms with E-state index in [2.05, 4.69) is 32.6 Å². The van der Waals surface area contributed by atoms with E-state index >= 15 is 0 Å². The van der Waals surface area contributed by atoms with E-state index in [1.54, 1.807) is 0 Å². The van der Waals surface area contributed by atoms with Gasteiger partial charge in [-0.1, -0.05) is 6.07 Å². The minimum atomic E-state index is 0.440. The summed E-state index contributed by atoms with van der Waals surface area (Å²) in [6.07, 6.45) is 1.39. The van der Waals surface area contributed by atoms with Gasteiger partial charge in [-0.15, -0.1) is 0 Å². The van der Waals surface area contributed by atoms with Gasteiger partial charge in [0.1, 0.15) is 17.9 Å². The average molecular weight is 327 g/mol. The van der Waals surface area contributed by atoms with Crippen LogP contribution in [0.4, 0.5) is 5.82 Å². The molecule has 5 heteroatoms. The van der Waals surface area contributed by atoms with Crippen molar-refractivity contribution in [2.24, 2.45) is 0 Å². The second-order valence-corrected chi connectivity index (χ2v) is 4.49. The SMILES string of the molecule is Cc1c(N)ncnc1Oc1cccc(I)c1. The molecule has 1 aromatic carbocycles. The van der Waals surface area contributed by atoms with Gasteiger partial charge in [0.2, 0.25) is 5.88 Å². The van der Waals surface area contributed by atoms with Crippen molar-refractivity contribution in [2.45, 2.75) is 6.92 Å². The molecule has 1 aromatic heterocycles. The minimum absolute atomic E-state index is 0.440. The predicted molar refractivity (Wildman–Crippen MR) is 70.4 cm³/mol. The number of ether oxygens (including phenoxy) is 1. The van der Waals surface area contributed by atoms with Crippen LogP contribution in [0.2, 0.25) is 0 Å². The third-order valence-corrected chi connectivity index (χ3v) is 2.76. The summed E-state index contributed by atoms with van der Waals surface area (Å²) in [5.74, 6) is 1.68. The van der Waals surface area contributed by atoms with Gasteiger partial charge in [-0.25, -0.2) is 9.97 Å². The van der Waals surface area contributed by atoms with Gasteiger partial charge in [0.05, 0.1) is 5.56 Å². The van der Waals surface area contributed by atoms with E-state index in [1.807, 2.05) is 31.2 Å². The number of nitrogens with zero attached hydrogens (tertiary/aromatic N) is 2. The summed E-state index contributed by atoms with van der Waals surface area (Å²) in [7, 11) is 0. The summed E-state index contributed by atoms with van der Waals surface area (Å²) >= 11 is 2.23. The molecule has 16 heavy (non-hydrogen) atoms. The molecule has 0 aliphatic heterocycles. The monoisotopic (exact) mass is 327 g/mol. The molecular formula is C11H10IN3O. The van der Waals surface area contributed by atoms with Crippen molar-refractivity contribution >= 4 is 28.4 Å². The van der Waals surface area contributed by atoms with Crippen molar-refractivity contribution in [1.29, 1.82) is 0 Å². The Hall–Kier alpha value is -1.37. The van der Waals surface area contributed by atoms with Crippen LogP contribution in [0, 0.1) is 10.5 Å². The van der Waals surface area contributed by atoms with Gasteiger partial charge in [-0.3, -0.25) is 0 Å². The summed E-state index contributed by atoms with van der Waals surface area (Å²) in [5.41, 5.74) is 6.42. The first kappa shape index (κ1) is 11.1. The first-order valence-corrected chi connectivity index (χ1v) is 5.75. The molecule has 0 fully saturated rings. The van der Waals surface area contributed by atoms with Crippen LogP contribution in [-0.2, 0) is 0 Å². The molecule has 0 saturated heterocycles. The Bertz CT molecular complexity index is 516. The molecule has 0 spiro atoms. The summed E-state index contributed by atoms with van der Waals surface area (Å²) in [4.78, 5) is 7.93. The highest BCUT2D eigenvalue weighted by Crippen LogP contribution is 2.25. The zero-order valence-electron chi connectivity index (χ0n) is 8.64. The lowest BCUT2D eigenvalue weighted by atomic mass is 10.3. The second kappa shape index (κ2) is 4.65. The number of anilines is 1. The molecule has 0 bridgehead atoms. The molecule has 0 saturated carbocycles. The number of halogens is 1. The average Bonchev–Trinajstić information content (AvgIpc) is 2.25. The molecule has 0 aliphatic rings. The van der Waals surface area contributed by atoms with E-state index in [1.165, 1.54) is 6.33 Å². The molecule has 4 nitrogen and oxygen atoms in total. The zero-order valence-corrected chi connectivity index (χ0v) is 10.8. The highest BCUT2D eigenvalue weighted by molar-refractivity contribution is 14.1. The van der Waals surface area contributed by atoms with E-state index in [9.17, 15) is 0 Å². The number of benzene rings is 1. The van der Waals surface area contributed by atoms with Crippen molar-refractivity contribution in [3.8, 4) is 11.6 Å². The lowest BCUT2D eigenvalue weighted by molar-refractivity contribution is 0.457. The Morgan fingerprint density at radius 1 is 1.31 bits per heavy atom. The summed E-state index contributed by atoms with van der Waals surface area (Å²) in [6, 6.07) is 7.73. The molecule has 0 amide bonds. The van der Waals surface area contributed by atoms with Gasteiger partial charge in [-0.05, 0) is 47.7 Å². The standard InChI is InChI=1S/C11H10IN3O/c1-7-10(13)14-6-15-11(7)16-9-4-2-3-8(12)5-9/h2-6H,1H3,(H2,13,14,15). The number of nitrogens with two attached hydrogens (primary N) is 1. The summed E-state index contributed by atoms with van der Waals surface area (Å²) in [6.45, 7) is 1.83. The van der Waals surface area contributed by atoms with Crippen LogP contribution >= 0.6 is 22.6 Å². The Balaban J connectivity index is 2.31. The van der Waals surface area contributed by atoms with Crippen LogP contribution < -0.4 is 10.5 Å². The normalized spacial score (nSPS) is 10.1. The van der Waals surface area contributed by atoms with Gasteiger partial charge in [0.15, 0.2) is 0 Å². The third kappa shape index (κ3) is 2.41. The van der Waals surface area contributed by atoms with Gasteiger partial charge in [-0.2, -0.15) is 0 Å². The third-order valence-electron chi connectivity index (χ3n) is 2.09. The minimum Gasteiger partial charge on any atom is -0.439 e. The smallest absolute Gasteiger partial charge is 0.227 e. The maximum Gasteiger partial charge on any atom is 0.227 e. The summed E-state index contributed by atoms with van der Waals surface area (Å²) < 4.78 is 6.74. The summed E-state index contributed by atoms with van der Waals surface area (Å²) in [5, 5.41) is 0. The topological polar surface area (TPSA) is 61.0 Å². The number of aromatic nitrogens is 2. The van der Waals surface area contributed by atoms with E-state index in [0.29, 0.717) is 11.7 Å². The van der Waals surface area contributed by atoms with Crippen molar-refractivity contribution in [3.63, 3.8) is 0 Å². The van der Waals surface area contributed by atoms with E-state index in [4.69, 9.17) is 10.5 Å². The van der Waals surface area contributed by atoms with Gasteiger partial charge in [0.25, 0.3) is 0 Å². The molecule has 0 unspecified atom stereocenters. The Kier molecular flexibility index (Phi) is 3.23. The zero-order chi connectivity index (χ0) is 11.5. The van der Waals surface area contributed by atoms with Crippen LogP contribution in [0.25, 0.3) is 0 Å². The fraction of sp³-hybridized carbons (Fsp3) is 0.0909. The first-order valence-electron chi connectivity index (χ1n) is 4.67. The van der Waals surface area contributed by atoms with Crippen LogP contribution in [0.1, 0.15) is 5.56 Å². The molecule has 0 aliphatic carbocycles. The van der Waals surface area contributed by atoms with E-state index in [-0.39, 0.29) is 0 Å². The van der Waals surface area contributed by atoms with Crippen LogP contribution in [0.5, 0.6) is 11.6 Å². The van der Waals surface area contributed by atoms with Crippen molar-refractivity contribution < 1.29 is 4.74 Å². The Morgan fingerprint density at radius 3 is 2.88 bits per heavy atom. The number of nitrogen functional groups attached to an aromatic ring is 1. The highest BCUT2D eigenvalue weighted by atomic mass is 127. The van der Waals surface area contributed by atoms with Crippen molar-refractivity contribution in [2.75, 3.05) is 5.73 Å². The molecule has 2 aromatic rings. The maximum atomic E-state index is 5.67. The molecular weight excluding hydrogens is 317 g/mol. The lowest BCUT2D eigenvalue weighted by Gasteiger charge is -2.08. The lowest BCUT2D eigenvalue weighted by Crippen LogP contribution is -1.98. The van der Waals surface area contributed by atoms with Crippen LogP contribution in [0.15, 0.2) is 30.6 Å². The largest absolute Gasteiger partial charge is 0.439 e. The number of hydrogen-bond acceptors (Lipinski definition) is 4. The molecule has 0 radical (unpaired) electrons. The van der Waals surface area contributed by atoms with Gasteiger partial charge in [0, 0.05) is 3.57 Å². The van der Waals surface area contributed by atoms with Gasteiger partial charge < -0.3 is 10.5 Å². The van der Waals surface area contributed by atoms with E-state index < -0.39 is 0 Å². The molecule has 0 atom stereocenters. The fourth-order valence-corrected chi connectivity index (χ4v) is 1.71. The predicted octanol–water partition coefficient (Wildman–Crippen LogP) is 2.76. The Labute approximate surface area is 107 Å². The van der Waals surface area contributed by atoms with Crippen molar-refractivity contribution in [3.05, 3.63) is 39.7 Å². The number of hydrogen-bond donors (Lipinski definition) is 1. The van der Waals surface area contributed by atoms with E-state index in [0.717, 1.165) is 14.9 Å². The Morgan fingerprint density at radius 2 is 2.12 bits per heavy atom. The highest BCUT2D eigenvalue weighted by Gasteiger charge is 2.06. The first-order chi connectivity index (χ1) is 7.66. The number of rotatable bonds is 2. The van der Waals surface area contributed by atoms with Gasteiger partial charge >= 0.3 is 0 Å². The fourth-order valence-electron chi connectivity index (χ4n) is 1.19. The van der Waals surface area contributed by atoms with Crippen LogP contribution in [0.3, 0.4) is 0 Å². The molecule has 82 valence electrons. The van der Waals surface area contributed by atoms with Crippen LogP contribution in [-0.4, -0.2) is 9.97 Å². The molecule has 2 N–H and O–H groups in total. The molecule has 1 heterocycles. The molecule has 2 rings (SSSR count). The second-order valence-electron chi connectivity index (χ2n) is 3.25. The van der Waals surface area contributed by atoms with Crippen molar-refractivity contribution in [1.82, 2.24) is 9.97 Å². The quantitative estimate of drug-likeness (QED) is 0.862. The maximum absolute atomic E-state index is 5.67.